The Balaban J connectivity index is 3.00. The number of nitrogens with zero attached hydrogens (tertiary/aromatic N) is 2. The largest absolute Gasteiger partial charge is 0.466 e. The van der Waals surface area contributed by atoms with Crippen LogP contribution in [0.15, 0.2) is 0 Å². The first-order valence-corrected chi connectivity index (χ1v) is 8.78. The van der Waals surface area contributed by atoms with E-state index in [4.69, 9.17) is 9.47 Å². The first-order chi connectivity index (χ1) is 12.6. The minimum atomic E-state index is -0.745. The Morgan fingerprint density at radius 3 is 2.26 bits per heavy atom. The molecule has 0 aliphatic carbocycles. The quantitative estimate of drug-likeness (QED) is 0.504. The van der Waals surface area contributed by atoms with Crippen molar-refractivity contribution in [2.45, 2.75) is 46.6 Å². The molecule has 1 aromatic heterocycles. The van der Waals surface area contributed by atoms with Crippen LogP contribution in [0.2, 0.25) is 0 Å². The number of rotatable bonds is 8. The average Bonchev–Trinajstić information content (AvgIpc) is 2.86. The monoisotopic (exact) mass is 380 g/mol. The lowest BCUT2D eigenvalue weighted by Crippen LogP contribution is -2.40. The Kier molecular flexibility index (Phi) is 7.75. The van der Waals surface area contributed by atoms with Crippen LogP contribution < -0.4 is 0 Å². The Hall–Kier alpha value is -2.64. The summed E-state index contributed by atoms with van der Waals surface area (Å²) < 4.78 is 11.2. The van der Waals surface area contributed by atoms with Gasteiger partial charge < -0.3 is 18.9 Å². The van der Waals surface area contributed by atoms with E-state index in [1.165, 1.54) is 19.1 Å². The summed E-state index contributed by atoms with van der Waals surface area (Å²) in [6.45, 7) is 6.99. The Morgan fingerprint density at radius 2 is 1.74 bits per heavy atom. The number of ketones is 1. The Labute approximate surface area is 159 Å². The minimum absolute atomic E-state index is 0.0339. The summed E-state index contributed by atoms with van der Waals surface area (Å²) in [6, 6.07) is -0.745. The molecule has 1 amide bonds. The van der Waals surface area contributed by atoms with Crippen molar-refractivity contribution in [2.24, 2.45) is 7.05 Å². The summed E-state index contributed by atoms with van der Waals surface area (Å²) in [5.74, 6) is -1.58. The van der Waals surface area contributed by atoms with E-state index < -0.39 is 18.0 Å². The van der Waals surface area contributed by atoms with Gasteiger partial charge in [0.15, 0.2) is 5.78 Å². The van der Waals surface area contributed by atoms with Crippen LogP contribution in [0, 0.1) is 13.8 Å². The van der Waals surface area contributed by atoms with Crippen molar-refractivity contribution in [2.75, 3.05) is 20.8 Å². The molecule has 27 heavy (non-hydrogen) atoms. The van der Waals surface area contributed by atoms with Crippen LogP contribution in [-0.4, -0.2) is 59.9 Å². The number of esters is 2. The number of hydrogen-bond donors (Lipinski definition) is 0. The van der Waals surface area contributed by atoms with Gasteiger partial charge in [-0.3, -0.25) is 14.4 Å². The molecule has 0 radical (unpaired) electrons. The van der Waals surface area contributed by atoms with Crippen LogP contribution in [0.4, 0.5) is 0 Å². The molecule has 1 rings (SSSR count). The number of Topliss-reactive ketones (excluding diaryl/α,β-unsaturated/α-hetero) is 1. The molecule has 0 unspecified atom stereocenters. The smallest absolute Gasteiger partial charge is 0.354 e. The molecular formula is C19H28N2O6. The first kappa shape index (κ1) is 22.4. The van der Waals surface area contributed by atoms with Crippen LogP contribution in [0.3, 0.4) is 0 Å². The van der Waals surface area contributed by atoms with Gasteiger partial charge in [-0.2, -0.15) is 0 Å². The van der Waals surface area contributed by atoms with Gasteiger partial charge in [0, 0.05) is 31.8 Å². The lowest BCUT2D eigenvalue weighted by atomic mass is 10.00. The number of hydrogen-bond acceptors (Lipinski definition) is 6. The normalized spacial score (nSPS) is 11.7. The summed E-state index contributed by atoms with van der Waals surface area (Å²) >= 11 is 0. The topological polar surface area (TPSA) is 94.9 Å². The lowest BCUT2D eigenvalue weighted by molar-refractivity contribution is -0.145. The van der Waals surface area contributed by atoms with E-state index in [1.807, 2.05) is 0 Å². The van der Waals surface area contributed by atoms with Crippen LogP contribution >= 0.6 is 0 Å². The molecule has 1 aromatic rings. The van der Waals surface area contributed by atoms with Crippen molar-refractivity contribution in [3.63, 3.8) is 0 Å². The summed E-state index contributed by atoms with van der Waals surface area (Å²) in [7, 11) is 4.49. The van der Waals surface area contributed by atoms with Crippen molar-refractivity contribution in [3.8, 4) is 0 Å². The van der Waals surface area contributed by atoms with Gasteiger partial charge in [0.25, 0.3) is 0 Å². The minimum Gasteiger partial charge on any atom is -0.466 e. The second kappa shape index (κ2) is 9.34. The molecule has 0 fully saturated rings. The first-order valence-electron chi connectivity index (χ1n) is 8.78. The van der Waals surface area contributed by atoms with Gasteiger partial charge in [-0.1, -0.05) is 0 Å². The molecule has 150 valence electrons. The summed E-state index contributed by atoms with van der Waals surface area (Å²) in [5.41, 5.74) is 1.85. The van der Waals surface area contributed by atoms with Gasteiger partial charge in [-0.25, -0.2) is 4.79 Å². The molecule has 1 atom stereocenters. The molecular weight excluding hydrogens is 352 g/mol. The summed E-state index contributed by atoms with van der Waals surface area (Å²) in [6.07, 6.45) is -0.0685. The number of methoxy groups -OCH3 is 1. The van der Waals surface area contributed by atoms with E-state index >= 15 is 0 Å². The third-order valence-electron chi connectivity index (χ3n) is 4.76. The van der Waals surface area contributed by atoms with Crippen LogP contribution in [-0.2, 0) is 26.1 Å². The zero-order valence-electron chi connectivity index (χ0n) is 17.0. The third kappa shape index (κ3) is 4.75. The summed E-state index contributed by atoms with van der Waals surface area (Å²) in [5, 5.41) is 0. The van der Waals surface area contributed by atoms with Gasteiger partial charge >= 0.3 is 11.9 Å². The van der Waals surface area contributed by atoms with Crippen molar-refractivity contribution in [1.29, 1.82) is 0 Å². The van der Waals surface area contributed by atoms with Gasteiger partial charge in [-0.15, -0.1) is 0 Å². The van der Waals surface area contributed by atoms with Gasteiger partial charge in [0.2, 0.25) is 5.91 Å². The fraction of sp³-hybridized carbons (Fsp3) is 0.579. The average molecular weight is 380 g/mol. The van der Waals surface area contributed by atoms with Crippen molar-refractivity contribution < 1.29 is 28.7 Å². The fourth-order valence-corrected chi connectivity index (χ4v) is 2.95. The lowest BCUT2D eigenvalue weighted by Gasteiger charge is -2.24. The molecule has 0 saturated heterocycles. The molecule has 0 saturated carbocycles. The molecule has 0 N–H and O–H groups in total. The van der Waals surface area contributed by atoms with Crippen LogP contribution in [0.1, 0.15) is 58.8 Å². The number of amides is 1. The number of ether oxygens (including phenoxy) is 2. The van der Waals surface area contributed by atoms with E-state index in [0.29, 0.717) is 22.5 Å². The predicted molar refractivity (Wildman–Crippen MR) is 98.7 cm³/mol. The molecule has 1 heterocycles. The standard InChI is InChI=1S/C19H28N2O6/c1-8-27-15(23)10-9-14(22)20(5)13(4)18(24)16-11(2)17(19(25)26-7)21(6)12(16)3/h13H,8-10H2,1-7H3/t13-/m1/s1. The molecule has 0 bridgehead atoms. The van der Waals surface area contributed by atoms with E-state index in [0.717, 1.165) is 0 Å². The van der Waals surface area contributed by atoms with Crippen molar-refractivity contribution in [3.05, 3.63) is 22.5 Å². The van der Waals surface area contributed by atoms with Crippen molar-refractivity contribution in [1.82, 2.24) is 9.47 Å². The van der Waals surface area contributed by atoms with Gasteiger partial charge in [0.1, 0.15) is 5.69 Å². The number of aromatic nitrogens is 1. The van der Waals surface area contributed by atoms with Gasteiger partial charge in [0.05, 0.1) is 26.2 Å². The second-order valence-corrected chi connectivity index (χ2v) is 6.33. The van der Waals surface area contributed by atoms with E-state index in [-0.39, 0.29) is 31.1 Å². The predicted octanol–water partition coefficient (Wildman–Crippen LogP) is 1.80. The Bertz CT molecular complexity index is 750. The zero-order valence-corrected chi connectivity index (χ0v) is 17.0. The maximum absolute atomic E-state index is 13.0. The van der Waals surface area contributed by atoms with Crippen molar-refractivity contribution >= 4 is 23.6 Å². The molecule has 8 heteroatoms. The molecule has 0 aliphatic rings. The van der Waals surface area contributed by atoms with Crippen LogP contribution in [0.25, 0.3) is 0 Å². The molecule has 8 nitrogen and oxygen atoms in total. The SMILES string of the molecule is CCOC(=O)CCC(=O)N(C)[C@H](C)C(=O)c1c(C)c(C(=O)OC)n(C)c1C. The second-order valence-electron chi connectivity index (χ2n) is 6.33. The van der Waals surface area contributed by atoms with E-state index in [9.17, 15) is 19.2 Å². The van der Waals surface area contributed by atoms with E-state index in [2.05, 4.69) is 0 Å². The molecule has 0 aromatic carbocycles. The highest BCUT2D eigenvalue weighted by Gasteiger charge is 2.30. The van der Waals surface area contributed by atoms with E-state index in [1.54, 1.807) is 39.3 Å². The number of carbonyl (C=O) groups is 4. The molecule has 0 spiro atoms. The molecule has 0 aliphatic heterocycles. The third-order valence-corrected chi connectivity index (χ3v) is 4.76. The number of carbonyl (C=O) groups excluding carboxylic acids is 4. The fourth-order valence-electron chi connectivity index (χ4n) is 2.95. The summed E-state index contributed by atoms with van der Waals surface area (Å²) in [4.78, 5) is 50.0. The van der Waals surface area contributed by atoms with Gasteiger partial charge in [-0.05, 0) is 33.3 Å². The van der Waals surface area contributed by atoms with Crippen LogP contribution in [0.5, 0.6) is 0 Å². The highest BCUT2D eigenvalue weighted by atomic mass is 16.5. The Morgan fingerprint density at radius 1 is 1.15 bits per heavy atom. The zero-order chi connectivity index (χ0) is 20.9. The highest BCUT2D eigenvalue weighted by Crippen LogP contribution is 2.24. The maximum Gasteiger partial charge on any atom is 0.354 e. The number of likely N-dealkylation sites (N-methyl/N-ethyl adjacent to an activating group) is 1. The maximum atomic E-state index is 13.0. The highest BCUT2D eigenvalue weighted by molar-refractivity contribution is 6.06.